The van der Waals surface area contributed by atoms with Gasteiger partial charge in [0.15, 0.2) is 0 Å². The van der Waals surface area contributed by atoms with Crippen LogP contribution in [0.15, 0.2) is 65.6 Å². The Labute approximate surface area is 166 Å². The van der Waals surface area contributed by atoms with Gasteiger partial charge in [-0.2, -0.15) is 11.8 Å². The maximum absolute atomic E-state index is 12.2. The summed E-state index contributed by atoms with van der Waals surface area (Å²) in [5.41, 5.74) is 1.64. The van der Waals surface area contributed by atoms with E-state index >= 15 is 0 Å². The van der Waals surface area contributed by atoms with Gasteiger partial charge in [0.25, 0.3) is 5.56 Å². The summed E-state index contributed by atoms with van der Waals surface area (Å²) in [6, 6.07) is 17.3. The number of nitrogens with zero attached hydrogens (tertiary/aromatic N) is 2. The summed E-state index contributed by atoms with van der Waals surface area (Å²) in [5, 5.41) is 4.67. The van der Waals surface area contributed by atoms with E-state index in [1.807, 2.05) is 59.3 Å². The lowest BCUT2D eigenvalue weighted by Crippen LogP contribution is -2.29. The topological polar surface area (TPSA) is 79.8 Å². The molecular weight excluding hydrogens is 372 g/mol. The van der Waals surface area contributed by atoms with E-state index < -0.39 is 0 Å². The van der Waals surface area contributed by atoms with Gasteiger partial charge in [-0.05, 0) is 29.7 Å². The van der Waals surface area contributed by atoms with E-state index in [4.69, 9.17) is 0 Å². The van der Waals surface area contributed by atoms with Gasteiger partial charge in [0.05, 0.1) is 16.7 Å². The lowest BCUT2D eigenvalue weighted by Gasteiger charge is -2.07. The fraction of sp³-hybridized carbons (Fsp3) is 0.190. The lowest BCUT2D eigenvalue weighted by atomic mass is 10.2. The van der Waals surface area contributed by atoms with E-state index in [9.17, 15) is 9.59 Å². The number of carbonyl (C=O) groups excluding carboxylic acids is 1. The van der Waals surface area contributed by atoms with Crippen LogP contribution in [0.3, 0.4) is 0 Å². The van der Waals surface area contributed by atoms with Crippen LogP contribution in [-0.4, -0.2) is 32.7 Å². The number of H-pyrrole nitrogens is 1. The molecule has 0 radical (unpaired) electrons. The molecule has 2 N–H and O–H groups in total. The monoisotopic (exact) mass is 392 g/mol. The molecule has 0 saturated carbocycles. The van der Waals surface area contributed by atoms with Crippen LogP contribution in [0.2, 0.25) is 0 Å². The Bertz CT molecular complexity index is 1180. The molecule has 0 aliphatic rings. The van der Waals surface area contributed by atoms with E-state index in [0.717, 1.165) is 16.7 Å². The molecule has 28 heavy (non-hydrogen) atoms. The average Bonchev–Trinajstić information content (AvgIpc) is 3.11. The molecule has 1 amide bonds. The molecule has 0 aliphatic heterocycles. The van der Waals surface area contributed by atoms with E-state index in [0.29, 0.717) is 35.6 Å². The van der Waals surface area contributed by atoms with Crippen molar-refractivity contribution in [3.05, 3.63) is 77.0 Å². The fourth-order valence-corrected chi connectivity index (χ4v) is 3.84. The highest BCUT2D eigenvalue weighted by atomic mass is 32.2. The van der Waals surface area contributed by atoms with Crippen molar-refractivity contribution in [1.82, 2.24) is 19.9 Å². The average molecular weight is 392 g/mol. The van der Waals surface area contributed by atoms with Crippen molar-refractivity contribution in [2.45, 2.75) is 12.3 Å². The van der Waals surface area contributed by atoms with Crippen molar-refractivity contribution in [3.63, 3.8) is 0 Å². The summed E-state index contributed by atoms with van der Waals surface area (Å²) in [6.45, 7) is 0.873. The molecule has 0 aliphatic carbocycles. The second-order valence-corrected chi connectivity index (χ2v) is 7.54. The van der Waals surface area contributed by atoms with Crippen molar-refractivity contribution in [3.8, 4) is 0 Å². The second kappa shape index (κ2) is 8.31. The van der Waals surface area contributed by atoms with Gasteiger partial charge in [0, 0.05) is 24.0 Å². The van der Waals surface area contributed by atoms with Crippen LogP contribution in [0.25, 0.3) is 21.8 Å². The molecule has 7 heteroatoms. The zero-order valence-corrected chi connectivity index (χ0v) is 16.0. The van der Waals surface area contributed by atoms with Gasteiger partial charge < -0.3 is 14.9 Å². The standard InChI is InChI=1S/C21H20N4O2S/c26-20(13-25-11-9-15-5-1-4-8-18(15)25)22-10-12-28-14-19-23-17-7-3-2-6-16(17)21(27)24-19/h1-9,11H,10,12-14H2,(H,22,26)(H,23,24,27). The van der Waals surface area contributed by atoms with Crippen LogP contribution in [0, 0.1) is 0 Å². The van der Waals surface area contributed by atoms with Crippen molar-refractivity contribution >= 4 is 39.5 Å². The highest BCUT2D eigenvalue weighted by Gasteiger charge is 2.06. The Balaban J connectivity index is 1.25. The van der Waals surface area contributed by atoms with Crippen molar-refractivity contribution in [2.24, 2.45) is 0 Å². The van der Waals surface area contributed by atoms with Crippen LogP contribution < -0.4 is 10.9 Å². The molecule has 2 heterocycles. The number of carbonyl (C=O) groups is 1. The number of nitrogens with one attached hydrogen (secondary N) is 2. The molecule has 142 valence electrons. The normalized spacial score (nSPS) is 11.1. The van der Waals surface area contributed by atoms with Crippen LogP contribution in [0.5, 0.6) is 0 Å². The first-order valence-electron chi connectivity index (χ1n) is 9.07. The maximum atomic E-state index is 12.2. The number of fused-ring (bicyclic) bond motifs is 2. The number of benzene rings is 2. The number of para-hydroxylation sites is 2. The minimum Gasteiger partial charge on any atom is -0.354 e. The van der Waals surface area contributed by atoms with E-state index in [1.54, 1.807) is 17.8 Å². The fourth-order valence-electron chi connectivity index (χ4n) is 3.12. The molecule has 2 aromatic heterocycles. The first-order chi connectivity index (χ1) is 13.7. The SMILES string of the molecule is O=C(Cn1ccc2ccccc21)NCCSCc1nc2ccccc2c(=O)[nH]1. The third-order valence-electron chi connectivity index (χ3n) is 4.46. The molecule has 0 bridgehead atoms. The first-order valence-corrected chi connectivity index (χ1v) is 10.2. The van der Waals surface area contributed by atoms with Gasteiger partial charge >= 0.3 is 0 Å². The third kappa shape index (κ3) is 4.09. The van der Waals surface area contributed by atoms with Gasteiger partial charge in [-0.3, -0.25) is 9.59 Å². The Morgan fingerprint density at radius 1 is 1.11 bits per heavy atom. The van der Waals surface area contributed by atoms with Crippen LogP contribution in [0.4, 0.5) is 0 Å². The minimum absolute atomic E-state index is 0.0146. The smallest absolute Gasteiger partial charge is 0.258 e. The Hall–Kier alpha value is -3.06. The molecule has 6 nitrogen and oxygen atoms in total. The van der Waals surface area contributed by atoms with Crippen molar-refractivity contribution < 1.29 is 4.79 Å². The molecule has 0 saturated heterocycles. The molecule has 4 rings (SSSR count). The van der Waals surface area contributed by atoms with E-state index in [-0.39, 0.29) is 11.5 Å². The lowest BCUT2D eigenvalue weighted by molar-refractivity contribution is -0.121. The number of hydrogen-bond acceptors (Lipinski definition) is 4. The maximum Gasteiger partial charge on any atom is 0.258 e. The summed E-state index contributed by atoms with van der Waals surface area (Å²) in [6.07, 6.45) is 1.93. The second-order valence-electron chi connectivity index (χ2n) is 6.43. The summed E-state index contributed by atoms with van der Waals surface area (Å²) < 4.78 is 1.95. The molecule has 0 spiro atoms. The molecule has 2 aromatic carbocycles. The zero-order valence-electron chi connectivity index (χ0n) is 15.2. The highest BCUT2D eigenvalue weighted by molar-refractivity contribution is 7.98. The molecule has 0 atom stereocenters. The third-order valence-corrected chi connectivity index (χ3v) is 5.43. The van der Waals surface area contributed by atoms with Gasteiger partial charge in [0.1, 0.15) is 12.4 Å². The number of amides is 1. The van der Waals surface area contributed by atoms with Crippen LogP contribution >= 0.6 is 11.8 Å². The van der Waals surface area contributed by atoms with Gasteiger partial charge in [-0.25, -0.2) is 4.98 Å². The van der Waals surface area contributed by atoms with Gasteiger partial charge in [0.2, 0.25) is 5.91 Å². The highest BCUT2D eigenvalue weighted by Crippen LogP contribution is 2.14. The minimum atomic E-state index is -0.117. The predicted octanol–water partition coefficient (Wildman–Crippen LogP) is 2.93. The van der Waals surface area contributed by atoms with Crippen LogP contribution in [-0.2, 0) is 17.1 Å². The number of aromatic amines is 1. The predicted molar refractivity (Wildman–Crippen MR) is 113 cm³/mol. The molecular formula is C21H20N4O2S. The number of thioether (sulfide) groups is 1. The Morgan fingerprint density at radius 2 is 1.93 bits per heavy atom. The first kappa shape index (κ1) is 18.3. The van der Waals surface area contributed by atoms with E-state index in [1.165, 1.54) is 0 Å². The molecule has 0 unspecified atom stereocenters. The summed E-state index contributed by atoms with van der Waals surface area (Å²) in [7, 11) is 0. The Kier molecular flexibility index (Phi) is 5.43. The largest absolute Gasteiger partial charge is 0.354 e. The Morgan fingerprint density at radius 3 is 2.86 bits per heavy atom. The quantitative estimate of drug-likeness (QED) is 0.474. The number of aromatic nitrogens is 3. The van der Waals surface area contributed by atoms with Gasteiger partial charge in [-0.1, -0.05) is 30.3 Å². The molecule has 4 aromatic rings. The van der Waals surface area contributed by atoms with E-state index in [2.05, 4.69) is 15.3 Å². The number of hydrogen-bond donors (Lipinski definition) is 2. The summed E-state index contributed by atoms with van der Waals surface area (Å²) >= 11 is 1.62. The molecule has 0 fully saturated rings. The van der Waals surface area contributed by atoms with Crippen molar-refractivity contribution in [2.75, 3.05) is 12.3 Å². The van der Waals surface area contributed by atoms with Gasteiger partial charge in [-0.15, -0.1) is 0 Å². The zero-order chi connectivity index (χ0) is 19.3. The van der Waals surface area contributed by atoms with Crippen LogP contribution in [0.1, 0.15) is 5.82 Å². The summed E-state index contributed by atoms with van der Waals surface area (Å²) in [5.74, 6) is 1.98. The summed E-state index contributed by atoms with van der Waals surface area (Å²) in [4.78, 5) is 31.5. The van der Waals surface area contributed by atoms with Crippen molar-refractivity contribution in [1.29, 1.82) is 0 Å². The number of rotatable bonds is 7.